The summed E-state index contributed by atoms with van der Waals surface area (Å²) < 4.78 is 11.0. The van der Waals surface area contributed by atoms with Crippen LogP contribution in [0.4, 0.5) is 0 Å². The highest BCUT2D eigenvalue weighted by molar-refractivity contribution is 4.84. The fourth-order valence-electron chi connectivity index (χ4n) is 2.80. The Bertz CT molecular complexity index is 213. The van der Waals surface area contributed by atoms with Crippen molar-refractivity contribution in [1.82, 2.24) is 10.2 Å². The Morgan fingerprint density at radius 1 is 1.44 bits per heavy atom. The highest BCUT2D eigenvalue weighted by atomic mass is 16.5. The van der Waals surface area contributed by atoms with Gasteiger partial charge in [-0.25, -0.2) is 0 Å². The summed E-state index contributed by atoms with van der Waals surface area (Å²) in [5, 5.41) is 3.35. The van der Waals surface area contributed by atoms with E-state index in [9.17, 15) is 0 Å². The lowest BCUT2D eigenvalue weighted by molar-refractivity contribution is 0.0243. The smallest absolute Gasteiger partial charge is 0.0698 e. The number of methoxy groups -OCH3 is 1. The van der Waals surface area contributed by atoms with E-state index >= 15 is 0 Å². The van der Waals surface area contributed by atoms with Crippen molar-refractivity contribution in [3.63, 3.8) is 0 Å². The maximum atomic E-state index is 5.53. The molecule has 3 atom stereocenters. The summed E-state index contributed by atoms with van der Waals surface area (Å²) >= 11 is 0. The molecule has 0 saturated carbocycles. The van der Waals surface area contributed by atoms with E-state index in [2.05, 4.69) is 10.2 Å². The highest BCUT2D eigenvalue weighted by Crippen LogP contribution is 2.19. The van der Waals surface area contributed by atoms with Crippen LogP contribution in [0.1, 0.15) is 12.8 Å². The quantitative estimate of drug-likeness (QED) is 0.752. The van der Waals surface area contributed by atoms with Gasteiger partial charge in [0.25, 0.3) is 0 Å². The van der Waals surface area contributed by atoms with Crippen molar-refractivity contribution in [2.75, 3.05) is 47.0 Å². The zero-order chi connectivity index (χ0) is 11.4. The van der Waals surface area contributed by atoms with Gasteiger partial charge in [-0.15, -0.1) is 0 Å². The molecule has 16 heavy (non-hydrogen) atoms. The summed E-state index contributed by atoms with van der Waals surface area (Å²) in [6.45, 7) is 5.21. The van der Waals surface area contributed by atoms with Gasteiger partial charge in [0.15, 0.2) is 0 Å². The van der Waals surface area contributed by atoms with E-state index in [4.69, 9.17) is 9.47 Å². The van der Waals surface area contributed by atoms with E-state index in [1.165, 1.54) is 19.4 Å². The van der Waals surface area contributed by atoms with Gasteiger partial charge in [-0.3, -0.25) is 0 Å². The predicted octanol–water partition coefficient (Wildman–Crippen LogP) is 0.332. The van der Waals surface area contributed by atoms with Crippen LogP contribution in [-0.4, -0.2) is 64.1 Å². The van der Waals surface area contributed by atoms with Crippen LogP contribution in [0.25, 0.3) is 0 Å². The molecule has 0 spiro atoms. The van der Waals surface area contributed by atoms with Gasteiger partial charge in [-0.1, -0.05) is 0 Å². The van der Waals surface area contributed by atoms with E-state index in [1.807, 2.05) is 14.2 Å². The summed E-state index contributed by atoms with van der Waals surface area (Å²) in [5.74, 6) is 0.639. The Balaban J connectivity index is 1.79. The number of piperidine rings is 1. The molecule has 2 saturated heterocycles. The summed E-state index contributed by atoms with van der Waals surface area (Å²) in [4.78, 5) is 2.53. The molecule has 0 aromatic carbocycles. The number of likely N-dealkylation sites (N-methyl/N-ethyl adjacent to an activating group) is 1. The summed E-state index contributed by atoms with van der Waals surface area (Å²) in [5.41, 5.74) is 0. The van der Waals surface area contributed by atoms with Gasteiger partial charge < -0.3 is 19.7 Å². The lowest BCUT2D eigenvalue weighted by atomic mass is 10.0. The fourth-order valence-corrected chi connectivity index (χ4v) is 2.80. The Morgan fingerprint density at radius 2 is 2.31 bits per heavy atom. The molecule has 4 nitrogen and oxygen atoms in total. The number of likely N-dealkylation sites (tertiary alicyclic amines) is 1. The van der Waals surface area contributed by atoms with Crippen molar-refractivity contribution >= 4 is 0 Å². The molecule has 3 unspecified atom stereocenters. The minimum absolute atomic E-state index is 0.434. The first-order chi connectivity index (χ1) is 7.83. The maximum Gasteiger partial charge on any atom is 0.0698 e. The Kier molecular flexibility index (Phi) is 4.58. The molecule has 0 aliphatic carbocycles. The minimum atomic E-state index is 0.434. The third-order valence-electron chi connectivity index (χ3n) is 3.86. The molecule has 2 aliphatic heterocycles. The molecular formula is C12H24N2O2. The molecule has 0 radical (unpaired) electrons. The number of nitrogens with one attached hydrogen (secondary N) is 1. The van der Waals surface area contributed by atoms with Crippen molar-refractivity contribution < 1.29 is 9.47 Å². The lowest BCUT2D eigenvalue weighted by Crippen LogP contribution is -2.45. The van der Waals surface area contributed by atoms with E-state index < -0.39 is 0 Å². The zero-order valence-electron chi connectivity index (χ0n) is 10.4. The Labute approximate surface area is 98.3 Å². The summed E-state index contributed by atoms with van der Waals surface area (Å²) in [6.07, 6.45) is 2.91. The van der Waals surface area contributed by atoms with Gasteiger partial charge in [0.05, 0.1) is 19.3 Å². The van der Waals surface area contributed by atoms with E-state index in [0.29, 0.717) is 18.1 Å². The average molecular weight is 228 g/mol. The number of hydrogen-bond acceptors (Lipinski definition) is 4. The fraction of sp³-hybridized carbons (Fsp3) is 1.00. The Hall–Kier alpha value is -0.160. The molecule has 1 N–H and O–H groups in total. The van der Waals surface area contributed by atoms with E-state index in [-0.39, 0.29) is 0 Å². The normalized spacial score (nSPS) is 36.8. The predicted molar refractivity (Wildman–Crippen MR) is 63.6 cm³/mol. The third-order valence-corrected chi connectivity index (χ3v) is 3.86. The van der Waals surface area contributed by atoms with Crippen LogP contribution >= 0.6 is 0 Å². The monoisotopic (exact) mass is 228 g/mol. The largest absolute Gasteiger partial charge is 0.380 e. The van der Waals surface area contributed by atoms with Gasteiger partial charge in [-0.05, 0) is 26.4 Å². The molecule has 2 rings (SSSR count). The van der Waals surface area contributed by atoms with Crippen molar-refractivity contribution in [1.29, 1.82) is 0 Å². The first kappa shape index (κ1) is 12.3. The van der Waals surface area contributed by atoms with E-state index in [0.717, 1.165) is 26.3 Å². The second kappa shape index (κ2) is 5.96. The number of hydrogen-bond donors (Lipinski definition) is 1. The highest BCUT2D eigenvalue weighted by Gasteiger charge is 2.30. The van der Waals surface area contributed by atoms with Gasteiger partial charge in [0, 0.05) is 32.2 Å². The maximum absolute atomic E-state index is 5.53. The molecule has 4 heteroatoms. The van der Waals surface area contributed by atoms with Crippen molar-refractivity contribution in [2.24, 2.45) is 5.92 Å². The average Bonchev–Trinajstić information content (AvgIpc) is 2.76. The lowest BCUT2D eigenvalue weighted by Gasteiger charge is -2.34. The molecule has 0 aromatic heterocycles. The van der Waals surface area contributed by atoms with Gasteiger partial charge in [-0.2, -0.15) is 0 Å². The molecule has 2 heterocycles. The molecule has 2 fully saturated rings. The van der Waals surface area contributed by atoms with Gasteiger partial charge in [0.2, 0.25) is 0 Å². The van der Waals surface area contributed by atoms with Crippen LogP contribution in [-0.2, 0) is 9.47 Å². The van der Waals surface area contributed by atoms with Gasteiger partial charge >= 0.3 is 0 Å². The first-order valence-electron chi connectivity index (χ1n) is 6.33. The molecule has 0 aromatic rings. The summed E-state index contributed by atoms with van der Waals surface area (Å²) in [6, 6.07) is 0.530. The molecular weight excluding hydrogens is 204 g/mol. The first-order valence-corrected chi connectivity index (χ1v) is 6.33. The van der Waals surface area contributed by atoms with Gasteiger partial charge in [0.1, 0.15) is 0 Å². The van der Waals surface area contributed by atoms with Crippen molar-refractivity contribution in [2.45, 2.75) is 25.0 Å². The second-order valence-corrected chi connectivity index (χ2v) is 4.95. The van der Waals surface area contributed by atoms with Crippen molar-refractivity contribution in [3.05, 3.63) is 0 Å². The van der Waals surface area contributed by atoms with Crippen molar-refractivity contribution in [3.8, 4) is 0 Å². The molecule has 0 bridgehead atoms. The molecule has 0 amide bonds. The molecule has 94 valence electrons. The molecule has 2 aliphatic rings. The zero-order valence-corrected chi connectivity index (χ0v) is 10.4. The van der Waals surface area contributed by atoms with Crippen LogP contribution in [0, 0.1) is 5.92 Å². The third kappa shape index (κ3) is 2.94. The minimum Gasteiger partial charge on any atom is -0.380 e. The van der Waals surface area contributed by atoms with Crippen LogP contribution in [0.2, 0.25) is 0 Å². The van der Waals surface area contributed by atoms with Crippen LogP contribution in [0.3, 0.4) is 0 Å². The number of rotatable bonds is 4. The second-order valence-electron chi connectivity index (χ2n) is 4.95. The van der Waals surface area contributed by atoms with E-state index in [1.54, 1.807) is 0 Å². The Morgan fingerprint density at radius 3 is 3.06 bits per heavy atom. The topological polar surface area (TPSA) is 33.7 Å². The SMILES string of the molecule is CNC1COCC1CN1CCCC(OC)C1. The standard InChI is InChI=1S/C12H24N2O2/c1-13-12-9-16-8-10(12)6-14-5-3-4-11(7-14)15-2/h10-13H,3-9H2,1-2H3. The number of nitrogens with zero attached hydrogens (tertiary/aromatic N) is 1. The summed E-state index contributed by atoms with van der Waals surface area (Å²) in [7, 11) is 3.85. The van der Waals surface area contributed by atoms with Crippen LogP contribution in [0.5, 0.6) is 0 Å². The van der Waals surface area contributed by atoms with Crippen LogP contribution < -0.4 is 5.32 Å². The van der Waals surface area contributed by atoms with Crippen LogP contribution in [0.15, 0.2) is 0 Å². The number of ether oxygens (including phenoxy) is 2.